The Morgan fingerprint density at radius 3 is 2.33 bits per heavy atom. The van der Waals surface area contributed by atoms with Gasteiger partial charge in [0.1, 0.15) is 0 Å². The average Bonchev–Trinajstić information content (AvgIpc) is 3.02. The van der Waals surface area contributed by atoms with E-state index in [9.17, 15) is 15.0 Å². The fraction of sp³-hybridized carbons (Fsp3) is 0.844. The molecule has 4 aliphatic rings. The number of esters is 1. The molecule has 36 heavy (non-hydrogen) atoms. The first-order valence-electron chi connectivity index (χ1n) is 14.5. The van der Waals surface area contributed by atoms with Crippen LogP contribution < -0.4 is 0 Å². The highest BCUT2D eigenvalue weighted by Gasteiger charge is 2.66. The van der Waals surface area contributed by atoms with Crippen LogP contribution in [0.5, 0.6) is 0 Å². The van der Waals surface area contributed by atoms with E-state index in [2.05, 4.69) is 55.0 Å². The topological polar surface area (TPSA) is 66.8 Å². The molecule has 0 bridgehead atoms. The normalized spacial score (nSPS) is 42.4. The Morgan fingerprint density at radius 2 is 1.72 bits per heavy atom. The number of hydrogen-bond donors (Lipinski definition) is 2. The monoisotopic (exact) mass is 500 g/mol. The van der Waals surface area contributed by atoms with Gasteiger partial charge in [-0.25, -0.2) is 0 Å². The summed E-state index contributed by atoms with van der Waals surface area (Å²) in [7, 11) is 1.48. The van der Waals surface area contributed by atoms with Crippen molar-refractivity contribution in [1.82, 2.24) is 0 Å². The van der Waals surface area contributed by atoms with Gasteiger partial charge in [-0.2, -0.15) is 0 Å². The van der Waals surface area contributed by atoms with Gasteiger partial charge in [0.25, 0.3) is 0 Å². The molecule has 4 rings (SSSR count). The minimum atomic E-state index is -0.515. The summed E-state index contributed by atoms with van der Waals surface area (Å²) < 4.78 is 5.33. The number of carbonyl (C=O) groups excluding carboxylic acids is 1. The maximum atomic E-state index is 13.2. The highest BCUT2D eigenvalue weighted by molar-refractivity contribution is 5.73. The quantitative estimate of drug-likeness (QED) is 0.309. The van der Waals surface area contributed by atoms with Crippen molar-refractivity contribution in [3.8, 4) is 0 Å². The summed E-state index contributed by atoms with van der Waals surface area (Å²) in [5, 5.41) is 22.5. The number of methoxy groups -OCH3 is 1. The first-order chi connectivity index (χ1) is 16.6. The molecular weight excluding hydrogens is 448 g/mol. The summed E-state index contributed by atoms with van der Waals surface area (Å²) in [5.74, 6) is 0.255. The minimum Gasteiger partial charge on any atom is -0.469 e. The maximum Gasteiger partial charge on any atom is 0.309 e. The summed E-state index contributed by atoms with van der Waals surface area (Å²) in [6, 6.07) is 0. The van der Waals surface area contributed by atoms with Crippen LogP contribution in [0.25, 0.3) is 0 Å². The van der Waals surface area contributed by atoms with Gasteiger partial charge >= 0.3 is 5.97 Å². The molecule has 0 aromatic rings. The highest BCUT2D eigenvalue weighted by Crippen LogP contribution is 2.72. The van der Waals surface area contributed by atoms with E-state index in [0.29, 0.717) is 18.3 Å². The third kappa shape index (κ3) is 3.87. The van der Waals surface area contributed by atoms with Crippen molar-refractivity contribution in [2.45, 2.75) is 118 Å². The number of ether oxygens (including phenoxy) is 1. The molecular formula is C32H52O4. The van der Waals surface area contributed by atoms with Crippen molar-refractivity contribution < 1.29 is 19.7 Å². The molecule has 2 N–H and O–H groups in total. The first-order valence-corrected chi connectivity index (χ1v) is 14.5. The SMILES string of the molecule is C=C(CC[C@@H](C(=O)OC)[C@H]1[C@H](O)C[C@@]2(C)C3=C(CC[C@]12C)[C@@]1(C)CC[C@H](O)C(C)(C)[C@@H]1CC3)C(C)C. The first kappa shape index (κ1) is 27.9. The van der Waals surface area contributed by atoms with Crippen LogP contribution >= 0.6 is 0 Å². The lowest BCUT2D eigenvalue weighted by Crippen LogP contribution is -2.55. The Balaban J connectivity index is 1.73. The van der Waals surface area contributed by atoms with E-state index in [4.69, 9.17) is 4.74 Å². The molecule has 2 saturated carbocycles. The number of aliphatic hydroxyl groups excluding tert-OH is 2. The fourth-order valence-electron chi connectivity index (χ4n) is 9.72. The van der Waals surface area contributed by atoms with Gasteiger partial charge in [0.15, 0.2) is 0 Å². The molecule has 0 amide bonds. The Hall–Kier alpha value is -1.13. The Kier molecular flexibility index (Phi) is 7.17. The molecule has 0 aromatic heterocycles. The van der Waals surface area contributed by atoms with Crippen LogP contribution in [0, 0.1) is 45.3 Å². The maximum absolute atomic E-state index is 13.2. The second-order valence-electron chi connectivity index (χ2n) is 14.4. The lowest BCUT2D eigenvalue weighted by Gasteiger charge is -2.62. The molecule has 4 nitrogen and oxygen atoms in total. The largest absolute Gasteiger partial charge is 0.469 e. The van der Waals surface area contributed by atoms with Crippen molar-refractivity contribution in [2.24, 2.45) is 45.3 Å². The van der Waals surface area contributed by atoms with Crippen molar-refractivity contribution in [3.63, 3.8) is 0 Å². The number of aliphatic hydroxyl groups is 2. The van der Waals surface area contributed by atoms with Crippen LogP contribution in [0.1, 0.15) is 106 Å². The summed E-state index contributed by atoms with van der Waals surface area (Å²) in [5.41, 5.74) is 4.09. The molecule has 4 heteroatoms. The summed E-state index contributed by atoms with van der Waals surface area (Å²) in [6.07, 6.45) is 7.53. The van der Waals surface area contributed by atoms with Crippen molar-refractivity contribution in [3.05, 3.63) is 23.3 Å². The molecule has 8 atom stereocenters. The van der Waals surface area contributed by atoms with Gasteiger partial charge < -0.3 is 14.9 Å². The van der Waals surface area contributed by atoms with Crippen molar-refractivity contribution in [1.29, 1.82) is 0 Å². The van der Waals surface area contributed by atoms with Crippen LogP contribution in [0.4, 0.5) is 0 Å². The standard InChI is InChI=1S/C32H52O4/c1-19(2)20(3)10-11-21(28(35)36-9)27-24(33)18-32(8)23-12-13-25-29(4,5)26(34)15-16-30(25,6)22(23)14-17-31(27,32)7/h19,21,24-27,33-34H,3,10-18H2,1-2,4-9H3/t21-,24-,25+,26+,27+,30-,31-,32+/m1/s1. The smallest absolute Gasteiger partial charge is 0.309 e. The van der Waals surface area contributed by atoms with E-state index < -0.39 is 6.10 Å². The van der Waals surface area contributed by atoms with Gasteiger partial charge in [-0.05, 0) is 91.3 Å². The van der Waals surface area contributed by atoms with Crippen LogP contribution in [0.15, 0.2) is 23.3 Å². The number of allylic oxidation sites excluding steroid dienone is 3. The molecule has 0 aromatic carbocycles. The molecule has 0 spiro atoms. The number of hydrogen-bond acceptors (Lipinski definition) is 4. The molecule has 204 valence electrons. The third-order valence-electron chi connectivity index (χ3n) is 12.3. The van der Waals surface area contributed by atoms with E-state index in [-0.39, 0.29) is 45.6 Å². The zero-order chi connectivity index (χ0) is 26.8. The molecule has 0 heterocycles. The summed E-state index contributed by atoms with van der Waals surface area (Å²) >= 11 is 0. The van der Waals surface area contributed by atoms with Crippen LogP contribution in [0.3, 0.4) is 0 Å². The summed E-state index contributed by atoms with van der Waals surface area (Å²) in [4.78, 5) is 13.2. The molecule has 0 saturated heterocycles. The second-order valence-corrected chi connectivity index (χ2v) is 14.4. The Morgan fingerprint density at radius 1 is 1.06 bits per heavy atom. The lowest BCUT2D eigenvalue weighted by molar-refractivity contribution is -0.152. The predicted molar refractivity (Wildman–Crippen MR) is 145 cm³/mol. The van der Waals surface area contributed by atoms with Gasteiger partial charge in [0.2, 0.25) is 0 Å². The zero-order valence-corrected chi connectivity index (χ0v) is 24.2. The minimum absolute atomic E-state index is 0.0836. The zero-order valence-electron chi connectivity index (χ0n) is 24.2. The summed E-state index contributed by atoms with van der Waals surface area (Å²) in [6.45, 7) is 20.3. The van der Waals surface area contributed by atoms with E-state index in [0.717, 1.165) is 56.9 Å². The van der Waals surface area contributed by atoms with Crippen molar-refractivity contribution >= 4 is 5.97 Å². The lowest BCUT2D eigenvalue weighted by atomic mass is 9.43. The second kappa shape index (κ2) is 9.26. The average molecular weight is 501 g/mol. The molecule has 2 fully saturated rings. The number of fused-ring (bicyclic) bond motifs is 4. The highest BCUT2D eigenvalue weighted by atomic mass is 16.5. The van der Waals surface area contributed by atoms with Gasteiger partial charge in [-0.3, -0.25) is 4.79 Å². The van der Waals surface area contributed by atoms with Crippen molar-refractivity contribution in [2.75, 3.05) is 7.11 Å². The van der Waals surface area contributed by atoms with E-state index in [1.54, 1.807) is 11.1 Å². The molecule has 4 aliphatic carbocycles. The third-order valence-corrected chi connectivity index (χ3v) is 12.3. The van der Waals surface area contributed by atoms with Gasteiger partial charge in [0.05, 0.1) is 25.2 Å². The van der Waals surface area contributed by atoms with Crippen LogP contribution in [-0.2, 0) is 9.53 Å². The van der Waals surface area contributed by atoms with Gasteiger partial charge in [-0.15, -0.1) is 0 Å². The fourth-order valence-corrected chi connectivity index (χ4v) is 9.72. The van der Waals surface area contributed by atoms with Gasteiger partial charge in [0, 0.05) is 5.92 Å². The number of carbonyl (C=O) groups is 1. The number of rotatable bonds is 6. The molecule has 0 unspecified atom stereocenters. The predicted octanol–water partition coefficient (Wildman–Crippen LogP) is 6.85. The van der Waals surface area contributed by atoms with E-state index in [1.165, 1.54) is 7.11 Å². The van der Waals surface area contributed by atoms with Crippen LogP contribution in [0.2, 0.25) is 0 Å². The van der Waals surface area contributed by atoms with E-state index in [1.807, 2.05) is 0 Å². The van der Waals surface area contributed by atoms with E-state index >= 15 is 0 Å². The Labute approximate surface area is 220 Å². The van der Waals surface area contributed by atoms with Crippen LogP contribution in [-0.4, -0.2) is 35.5 Å². The van der Waals surface area contributed by atoms with Gasteiger partial charge in [-0.1, -0.05) is 71.8 Å². The molecule has 0 aliphatic heterocycles. The molecule has 0 radical (unpaired) electrons. The Bertz CT molecular complexity index is 930.